The Hall–Kier alpha value is -2.11. The van der Waals surface area contributed by atoms with E-state index in [0.29, 0.717) is 0 Å². The highest BCUT2D eigenvalue weighted by molar-refractivity contribution is 5.90. The van der Waals surface area contributed by atoms with Gasteiger partial charge in [0, 0.05) is 5.69 Å². The molecule has 0 aliphatic carbocycles. The normalized spacial score (nSPS) is 10.1. The highest BCUT2D eigenvalue weighted by Crippen LogP contribution is 2.15. The zero-order valence-electron chi connectivity index (χ0n) is 9.36. The average Bonchev–Trinajstić information content (AvgIpc) is 2.15. The maximum atomic E-state index is 13.2. The molecule has 0 saturated carbocycles. The first-order chi connectivity index (χ1) is 7.90. The summed E-state index contributed by atoms with van der Waals surface area (Å²) in [4.78, 5) is 21.7. The number of aromatic carboxylic acids is 1. The van der Waals surface area contributed by atoms with E-state index in [-0.39, 0.29) is 11.8 Å². The van der Waals surface area contributed by atoms with Crippen molar-refractivity contribution in [2.45, 2.75) is 20.0 Å². The molecule has 17 heavy (non-hydrogen) atoms. The highest BCUT2D eigenvalue weighted by Gasteiger charge is 2.12. The number of carbonyl (C=O) groups is 2. The molecule has 0 unspecified atom stereocenters. The molecule has 0 aliphatic heterocycles. The Bertz CT molecular complexity index is 445. The predicted molar refractivity (Wildman–Crippen MR) is 58.6 cm³/mol. The Morgan fingerprint density at radius 3 is 2.53 bits per heavy atom. The second kappa shape index (κ2) is 5.29. The zero-order valence-corrected chi connectivity index (χ0v) is 9.36. The molecule has 0 heterocycles. The van der Waals surface area contributed by atoms with Gasteiger partial charge < -0.3 is 9.84 Å². The minimum atomic E-state index is -1.36. The van der Waals surface area contributed by atoms with Crippen LogP contribution in [0.2, 0.25) is 0 Å². The number of benzene rings is 1. The molecule has 92 valence electrons. The van der Waals surface area contributed by atoms with Crippen molar-refractivity contribution >= 4 is 17.7 Å². The summed E-state index contributed by atoms with van der Waals surface area (Å²) in [5.41, 5.74) is -0.314. The summed E-state index contributed by atoms with van der Waals surface area (Å²) in [7, 11) is 0. The molecular formula is C11H12FNO4. The van der Waals surface area contributed by atoms with Gasteiger partial charge in [-0.3, -0.25) is 5.32 Å². The van der Waals surface area contributed by atoms with Crippen LogP contribution >= 0.6 is 0 Å². The Morgan fingerprint density at radius 2 is 2.06 bits per heavy atom. The number of nitrogens with one attached hydrogen (secondary N) is 1. The van der Waals surface area contributed by atoms with Crippen molar-refractivity contribution in [3.05, 3.63) is 29.6 Å². The van der Waals surface area contributed by atoms with Crippen LogP contribution in [0.1, 0.15) is 24.2 Å². The molecule has 0 aromatic heterocycles. The summed E-state index contributed by atoms with van der Waals surface area (Å²) in [5.74, 6) is -2.28. The summed E-state index contributed by atoms with van der Waals surface area (Å²) in [5, 5.41) is 10.9. The number of amides is 1. The van der Waals surface area contributed by atoms with Gasteiger partial charge in [0.25, 0.3) is 0 Å². The van der Waals surface area contributed by atoms with Gasteiger partial charge in [0.15, 0.2) is 0 Å². The van der Waals surface area contributed by atoms with Crippen LogP contribution in [0.5, 0.6) is 0 Å². The third-order valence-corrected chi connectivity index (χ3v) is 1.79. The van der Waals surface area contributed by atoms with Crippen LogP contribution in [0.25, 0.3) is 0 Å². The van der Waals surface area contributed by atoms with E-state index >= 15 is 0 Å². The molecule has 1 aromatic rings. The topological polar surface area (TPSA) is 75.6 Å². The van der Waals surface area contributed by atoms with Crippen molar-refractivity contribution in [1.82, 2.24) is 0 Å². The molecule has 1 amide bonds. The number of ether oxygens (including phenoxy) is 1. The largest absolute Gasteiger partial charge is 0.478 e. The fourth-order valence-corrected chi connectivity index (χ4v) is 1.13. The van der Waals surface area contributed by atoms with Gasteiger partial charge in [-0.25, -0.2) is 14.0 Å². The van der Waals surface area contributed by atoms with Crippen LogP contribution < -0.4 is 5.32 Å². The number of carboxylic acid groups (broad SMARTS) is 1. The highest BCUT2D eigenvalue weighted by atomic mass is 19.1. The van der Waals surface area contributed by atoms with E-state index < -0.39 is 23.4 Å². The second-order valence-electron chi connectivity index (χ2n) is 3.58. The van der Waals surface area contributed by atoms with Gasteiger partial charge in [0.1, 0.15) is 5.82 Å². The summed E-state index contributed by atoms with van der Waals surface area (Å²) >= 11 is 0. The lowest BCUT2D eigenvalue weighted by atomic mass is 10.2. The van der Waals surface area contributed by atoms with Crippen LogP contribution in [0, 0.1) is 5.82 Å². The van der Waals surface area contributed by atoms with Gasteiger partial charge >= 0.3 is 12.1 Å². The maximum absolute atomic E-state index is 13.2. The minimum absolute atomic E-state index is 0.137. The molecule has 0 saturated heterocycles. The number of hydrogen-bond acceptors (Lipinski definition) is 3. The third-order valence-electron chi connectivity index (χ3n) is 1.79. The van der Waals surface area contributed by atoms with E-state index in [1.54, 1.807) is 13.8 Å². The first-order valence-corrected chi connectivity index (χ1v) is 4.90. The number of anilines is 1. The van der Waals surface area contributed by atoms with E-state index in [2.05, 4.69) is 5.32 Å². The van der Waals surface area contributed by atoms with Crippen molar-refractivity contribution in [3.8, 4) is 0 Å². The van der Waals surface area contributed by atoms with E-state index in [4.69, 9.17) is 9.84 Å². The van der Waals surface area contributed by atoms with Crippen molar-refractivity contribution in [2.24, 2.45) is 0 Å². The van der Waals surface area contributed by atoms with E-state index in [0.717, 1.165) is 12.1 Å². The quantitative estimate of drug-likeness (QED) is 0.852. The van der Waals surface area contributed by atoms with E-state index in [1.165, 1.54) is 6.07 Å². The zero-order chi connectivity index (χ0) is 13.0. The molecule has 6 heteroatoms. The lowest BCUT2D eigenvalue weighted by Crippen LogP contribution is -2.18. The van der Waals surface area contributed by atoms with Crippen molar-refractivity contribution in [1.29, 1.82) is 0 Å². The number of hydrogen-bond donors (Lipinski definition) is 2. The smallest absolute Gasteiger partial charge is 0.411 e. The molecule has 0 bridgehead atoms. The van der Waals surface area contributed by atoms with Crippen molar-refractivity contribution < 1.29 is 23.8 Å². The fourth-order valence-electron chi connectivity index (χ4n) is 1.13. The molecule has 0 radical (unpaired) electrons. The molecule has 0 spiro atoms. The predicted octanol–water partition coefficient (Wildman–Crippen LogP) is 2.48. The second-order valence-corrected chi connectivity index (χ2v) is 3.58. The molecule has 2 N–H and O–H groups in total. The molecule has 5 nitrogen and oxygen atoms in total. The maximum Gasteiger partial charge on any atom is 0.411 e. The SMILES string of the molecule is CC(C)OC(=O)Nc1ccc(C(=O)O)c(F)c1. The molecule has 1 aromatic carbocycles. The first-order valence-electron chi connectivity index (χ1n) is 4.90. The Kier molecular flexibility index (Phi) is 4.03. The first kappa shape index (κ1) is 13.0. The van der Waals surface area contributed by atoms with Gasteiger partial charge in [-0.1, -0.05) is 0 Å². The molecule has 0 atom stereocenters. The minimum Gasteiger partial charge on any atom is -0.478 e. The number of rotatable bonds is 3. The van der Waals surface area contributed by atoms with Crippen molar-refractivity contribution in [2.75, 3.05) is 5.32 Å². The van der Waals surface area contributed by atoms with Crippen LogP contribution in [-0.2, 0) is 4.74 Å². The van der Waals surface area contributed by atoms with Crippen molar-refractivity contribution in [3.63, 3.8) is 0 Å². The van der Waals surface area contributed by atoms with Crippen LogP contribution in [0.4, 0.5) is 14.9 Å². The van der Waals surface area contributed by atoms with Gasteiger partial charge in [0.05, 0.1) is 11.7 Å². The Balaban J connectivity index is 2.77. The van der Waals surface area contributed by atoms with E-state index in [9.17, 15) is 14.0 Å². The average molecular weight is 241 g/mol. The summed E-state index contributed by atoms with van der Waals surface area (Å²) < 4.78 is 18.0. The number of carbonyl (C=O) groups excluding carboxylic acids is 1. The Labute approximate surface area is 97.2 Å². The van der Waals surface area contributed by atoms with Gasteiger partial charge in [-0.15, -0.1) is 0 Å². The Morgan fingerprint density at radius 1 is 1.41 bits per heavy atom. The molecule has 0 fully saturated rings. The molecule has 0 aliphatic rings. The summed E-state index contributed by atoms with van der Waals surface area (Å²) in [6.07, 6.45) is -1.01. The van der Waals surface area contributed by atoms with Gasteiger partial charge in [0.2, 0.25) is 0 Å². The lowest BCUT2D eigenvalue weighted by Gasteiger charge is -2.09. The van der Waals surface area contributed by atoms with Crippen LogP contribution in [0.15, 0.2) is 18.2 Å². The third kappa shape index (κ3) is 3.75. The summed E-state index contributed by atoms with van der Waals surface area (Å²) in [6.45, 7) is 3.35. The standard InChI is InChI=1S/C11H12FNO4/c1-6(2)17-11(16)13-7-3-4-8(10(14)15)9(12)5-7/h3-6H,1-2H3,(H,13,16)(H,14,15). The molecular weight excluding hydrogens is 229 g/mol. The summed E-state index contributed by atoms with van der Waals surface area (Å²) in [6, 6.07) is 3.28. The van der Waals surface area contributed by atoms with Crippen LogP contribution in [-0.4, -0.2) is 23.3 Å². The molecule has 1 rings (SSSR count). The van der Waals surface area contributed by atoms with Gasteiger partial charge in [-0.05, 0) is 32.0 Å². The number of carboxylic acids is 1. The van der Waals surface area contributed by atoms with E-state index in [1.807, 2.05) is 0 Å². The van der Waals surface area contributed by atoms with Crippen LogP contribution in [0.3, 0.4) is 0 Å². The lowest BCUT2D eigenvalue weighted by molar-refractivity contribution is 0.0692. The van der Waals surface area contributed by atoms with Gasteiger partial charge in [-0.2, -0.15) is 0 Å². The number of halogens is 1. The fraction of sp³-hybridized carbons (Fsp3) is 0.273. The monoisotopic (exact) mass is 241 g/mol.